The zero-order chi connectivity index (χ0) is 20.3. The Morgan fingerprint density at radius 3 is 2.71 bits per heavy atom. The lowest BCUT2D eigenvalue weighted by Crippen LogP contribution is -2.63. The van der Waals surface area contributed by atoms with Crippen LogP contribution in [-0.2, 0) is 14.3 Å². The maximum atomic E-state index is 13.1. The smallest absolute Gasteiger partial charge is 0.315 e. The molecule has 4 rings (SSSR count). The minimum Gasteiger partial charge on any atom is -0.481 e. The largest absolute Gasteiger partial charge is 0.481 e. The molecular weight excluding hydrogens is 356 g/mol. The van der Waals surface area contributed by atoms with E-state index in [-0.39, 0.29) is 24.4 Å². The summed E-state index contributed by atoms with van der Waals surface area (Å²) >= 11 is 0. The summed E-state index contributed by atoms with van der Waals surface area (Å²) in [7, 11) is 0. The summed E-state index contributed by atoms with van der Waals surface area (Å²) < 4.78 is 6.02. The minimum atomic E-state index is -1.15. The van der Waals surface area contributed by atoms with Crippen molar-refractivity contribution >= 4 is 12.3 Å². The molecule has 28 heavy (non-hydrogen) atoms. The van der Waals surface area contributed by atoms with E-state index >= 15 is 0 Å². The number of carboxylic acids is 1. The van der Waals surface area contributed by atoms with Gasteiger partial charge in [-0.15, -0.1) is 0 Å². The van der Waals surface area contributed by atoms with Crippen LogP contribution in [0.5, 0.6) is 0 Å². The molecule has 0 amide bonds. The van der Waals surface area contributed by atoms with Gasteiger partial charge in [-0.2, -0.15) is 0 Å². The van der Waals surface area contributed by atoms with E-state index in [0.717, 1.165) is 31.1 Å². The molecule has 2 N–H and O–H groups in total. The van der Waals surface area contributed by atoms with E-state index in [0.29, 0.717) is 37.9 Å². The third kappa shape index (κ3) is 2.10. The Morgan fingerprint density at radius 2 is 2.11 bits per heavy atom. The third-order valence-electron chi connectivity index (χ3n) is 8.93. The summed E-state index contributed by atoms with van der Waals surface area (Å²) in [6, 6.07) is 0. The Kier molecular flexibility index (Phi) is 4.78. The molecule has 4 bridgehead atoms. The fourth-order valence-electron chi connectivity index (χ4n) is 8.06. The highest BCUT2D eigenvalue weighted by molar-refractivity contribution is 5.90. The van der Waals surface area contributed by atoms with Crippen LogP contribution in [0, 0.1) is 45.8 Å². The van der Waals surface area contributed by atoms with Crippen molar-refractivity contribution in [3.8, 4) is 0 Å². The molecular formula is C23H34O5. The van der Waals surface area contributed by atoms with Gasteiger partial charge in [0.2, 0.25) is 0 Å². The first kappa shape index (κ1) is 20.1. The molecule has 4 aliphatic carbocycles. The van der Waals surface area contributed by atoms with Crippen molar-refractivity contribution in [3.05, 3.63) is 11.6 Å². The molecule has 0 heterocycles. The van der Waals surface area contributed by atoms with Gasteiger partial charge in [0, 0.05) is 18.6 Å². The zero-order valence-corrected chi connectivity index (χ0v) is 17.3. The minimum absolute atomic E-state index is 0.0655. The first-order valence-corrected chi connectivity index (χ1v) is 10.9. The van der Waals surface area contributed by atoms with Gasteiger partial charge in [0.25, 0.3) is 0 Å². The van der Waals surface area contributed by atoms with Gasteiger partial charge in [-0.05, 0) is 55.3 Å². The molecule has 3 fully saturated rings. The highest BCUT2D eigenvalue weighted by atomic mass is 16.5. The van der Waals surface area contributed by atoms with Gasteiger partial charge in [-0.1, -0.05) is 38.8 Å². The van der Waals surface area contributed by atoms with E-state index in [1.807, 2.05) is 0 Å². The van der Waals surface area contributed by atoms with Crippen LogP contribution in [0.3, 0.4) is 0 Å². The second kappa shape index (κ2) is 6.66. The van der Waals surface area contributed by atoms with Gasteiger partial charge in [0.15, 0.2) is 0 Å². The van der Waals surface area contributed by atoms with Crippen LogP contribution in [-0.4, -0.2) is 42.3 Å². The number of carboxylic acid groups (broad SMARTS) is 1. The average Bonchev–Trinajstić information content (AvgIpc) is 3.22. The molecule has 0 spiro atoms. The number of hydrogen-bond donors (Lipinski definition) is 2. The number of carbonyl (C=O) groups is 2. The van der Waals surface area contributed by atoms with Gasteiger partial charge < -0.3 is 19.7 Å². The van der Waals surface area contributed by atoms with Crippen LogP contribution in [0.25, 0.3) is 0 Å². The number of fused-ring (bicyclic) bond motifs is 2. The average molecular weight is 391 g/mol. The summed E-state index contributed by atoms with van der Waals surface area (Å²) in [5.74, 6) is 0.416. The van der Waals surface area contributed by atoms with Gasteiger partial charge in [0.1, 0.15) is 11.7 Å². The van der Waals surface area contributed by atoms with Crippen LogP contribution < -0.4 is 0 Å². The van der Waals surface area contributed by atoms with Crippen molar-refractivity contribution in [1.82, 2.24) is 0 Å². The van der Waals surface area contributed by atoms with E-state index in [4.69, 9.17) is 9.84 Å². The normalized spacial score (nSPS) is 46.0. The highest BCUT2D eigenvalue weighted by Crippen LogP contribution is 2.82. The lowest BCUT2D eigenvalue weighted by Gasteiger charge is -2.58. The Labute approximate surface area is 167 Å². The molecule has 156 valence electrons. The fraction of sp³-hybridized carbons (Fsp3) is 0.826. The first-order chi connectivity index (χ1) is 13.3. The van der Waals surface area contributed by atoms with Gasteiger partial charge >= 0.3 is 5.97 Å². The van der Waals surface area contributed by atoms with Crippen molar-refractivity contribution in [2.45, 2.75) is 52.9 Å². The summed E-state index contributed by atoms with van der Waals surface area (Å²) in [5.41, 5.74) is -1.56. The topological polar surface area (TPSA) is 83.8 Å². The van der Waals surface area contributed by atoms with E-state index in [1.54, 1.807) is 0 Å². The zero-order valence-electron chi connectivity index (χ0n) is 17.3. The van der Waals surface area contributed by atoms with E-state index in [2.05, 4.69) is 26.8 Å². The number of carbonyl (C=O) groups excluding carboxylic acids is 1. The van der Waals surface area contributed by atoms with Gasteiger partial charge in [0.05, 0.1) is 12.0 Å². The predicted octanol–water partition coefficient (Wildman–Crippen LogP) is 3.31. The summed E-state index contributed by atoms with van der Waals surface area (Å²) in [4.78, 5) is 26.0. The van der Waals surface area contributed by atoms with Crippen molar-refractivity contribution in [1.29, 1.82) is 0 Å². The van der Waals surface area contributed by atoms with Crippen LogP contribution >= 0.6 is 0 Å². The van der Waals surface area contributed by atoms with Crippen LogP contribution in [0.4, 0.5) is 0 Å². The molecule has 4 aliphatic rings. The molecule has 0 aromatic carbocycles. The monoisotopic (exact) mass is 390 g/mol. The van der Waals surface area contributed by atoms with Crippen LogP contribution in [0.15, 0.2) is 11.6 Å². The van der Waals surface area contributed by atoms with Crippen molar-refractivity contribution in [2.75, 3.05) is 19.8 Å². The molecule has 0 aromatic rings. The maximum Gasteiger partial charge on any atom is 0.315 e. The Morgan fingerprint density at radius 1 is 1.36 bits per heavy atom. The number of allylic oxidation sites excluding steroid dienone is 1. The fourth-order valence-corrected chi connectivity index (χ4v) is 8.06. The lowest BCUT2D eigenvalue weighted by molar-refractivity contribution is -0.186. The van der Waals surface area contributed by atoms with Crippen molar-refractivity contribution in [3.63, 3.8) is 0 Å². The van der Waals surface area contributed by atoms with Gasteiger partial charge in [-0.3, -0.25) is 4.79 Å². The molecule has 0 radical (unpaired) electrons. The molecule has 5 nitrogen and oxygen atoms in total. The Bertz CT molecular complexity index is 699. The van der Waals surface area contributed by atoms with Crippen LogP contribution in [0.2, 0.25) is 0 Å². The number of aliphatic carboxylic acids is 1. The van der Waals surface area contributed by atoms with E-state index in [1.165, 1.54) is 0 Å². The van der Waals surface area contributed by atoms with E-state index in [9.17, 15) is 14.7 Å². The summed E-state index contributed by atoms with van der Waals surface area (Å²) in [5, 5.41) is 19.9. The number of rotatable bonds is 8. The quantitative estimate of drug-likeness (QED) is 0.377. The second-order valence-electron chi connectivity index (χ2n) is 10.1. The maximum absolute atomic E-state index is 13.1. The van der Waals surface area contributed by atoms with E-state index < -0.39 is 22.2 Å². The SMILES string of the molecule is CC(C)C1=C[C@@H]2C[C@@]3(C=O)[C@H]4CC[C@H](C)[C@@H]4C[C@]2(COCCCO)[C@@]13C(=O)O. The Hall–Kier alpha value is -1.20. The second-order valence-corrected chi connectivity index (χ2v) is 10.1. The van der Waals surface area contributed by atoms with Crippen molar-refractivity contribution < 1.29 is 24.5 Å². The van der Waals surface area contributed by atoms with Crippen LogP contribution in [0.1, 0.15) is 52.9 Å². The van der Waals surface area contributed by atoms with Crippen molar-refractivity contribution in [2.24, 2.45) is 45.8 Å². The molecule has 0 unspecified atom stereocenters. The number of aliphatic hydroxyl groups excluding tert-OH is 1. The molecule has 7 atom stereocenters. The number of ether oxygens (including phenoxy) is 1. The standard InChI is InChI=1S/C23H34O5/c1-14(2)19-9-16-10-21(12-25)18-6-5-15(3)17(18)11-22(16,13-28-8-4-7-24)23(19,21)20(26)27/h9,12,14-18,24H,4-8,10-11,13H2,1-3H3,(H,26,27)/t15-,16+,17-,18-,21+,22+,23+/m0/s1. The Balaban J connectivity index is 1.88. The molecule has 0 saturated heterocycles. The summed E-state index contributed by atoms with van der Waals surface area (Å²) in [6.07, 6.45) is 7.31. The molecule has 0 aliphatic heterocycles. The summed E-state index contributed by atoms with van der Waals surface area (Å²) in [6.45, 7) is 7.23. The first-order valence-electron chi connectivity index (χ1n) is 10.9. The molecule has 5 heteroatoms. The lowest BCUT2D eigenvalue weighted by atomic mass is 9.43. The number of hydrogen-bond acceptors (Lipinski definition) is 4. The number of aldehydes is 1. The van der Waals surface area contributed by atoms with Gasteiger partial charge in [-0.25, -0.2) is 0 Å². The molecule has 3 saturated carbocycles. The highest BCUT2D eigenvalue weighted by Gasteiger charge is 2.84. The number of aliphatic hydroxyl groups is 1. The predicted molar refractivity (Wildman–Crippen MR) is 105 cm³/mol. The molecule has 0 aromatic heterocycles. The third-order valence-corrected chi connectivity index (χ3v) is 8.93.